The minimum Gasteiger partial charge on any atom is -0.494 e. The number of carbonyl (C=O) groups excluding carboxylic acids is 3. The van der Waals surface area contributed by atoms with Gasteiger partial charge in [0.25, 0.3) is 0 Å². The molecule has 1 aromatic carbocycles. The van der Waals surface area contributed by atoms with Crippen LogP contribution in [0.2, 0.25) is 0 Å². The molecule has 0 amide bonds. The third-order valence-corrected chi connectivity index (χ3v) is 5.74. The van der Waals surface area contributed by atoms with Gasteiger partial charge in [-0.1, -0.05) is 19.1 Å². The van der Waals surface area contributed by atoms with Crippen molar-refractivity contribution in [2.24, 2.45) is 11.8 Å². The predicted octanol–water partition coefficient (Wildman–Crippen LogP) is 3.26. The topological polar surface area (TPSA) is 90.9 Å². The van der Waals surface area contributed by atoms with Crippen LogP contribution >= 0.6 is 0 Å². The van der Waals surface area contributed by atoms with Gasteiger partial charge in [0.2, 0.25) is 0 Å². The summed E-state index contributed by atoms with van der Waals surface area (Å²) in [6.45, 7) is 7.98. The van der Waals surface area contributed by atoms with Crippen LogP contribution < -0.4 is 10.1 Å². The van der Waals surface area contributed by atoms with Gasteiger partial charge in [0, 0.05) is 22.9 Å². The van der Waals surface area contributed by atoms with Crippen molar-refractivity contribution >= 4 is 17.7 Å². The highest BCUT2D eigenvalue weighted by molar-refractivity contribution is 6.12. The van der Waals surface area contributed by atoms with E-state index in [0.717, 1.165) is 11.3 Å². The lowest BCUT2D eigenvalue weighted by Crippen LogP contribution is -2.43. The van der Waals surface area contributed by atoms with Crippen molar-refractivity contribution in [1.82, 2.24) is 5.32 Å². The van der Waals surface area contributed by atoms with Gasteiger partial charge in [-0.2, -0.15) is 0 Å². The van der Waals surface area contributed by atoms with Crippen LogP contribution in [0, 0.1) is 11.8 Å². The lowest BCUT2D eigenvalue weighted by Gasteiger charge is -2.38. The van der Waals surface area contributed by atoms with Crippen LogP contribution in [0.25, 0.3) is 0 Å². The predicted molar refractivity (Wildman–Crippen MR) is 114 cm³/mol. The SMILES string of the molecule is CCOC(=O)C1=C(C)NC2=C(C(=O)C(C(=O)OC)C(C)C2)C1c1cccc(OCC)c1. The summed E-state index contributed by atoms with van der Waals surface area (Å²) >= 11 is 0. The van der Waals surface area contributed by atoms with E-state index >= 15 is 0 Å². The molecule has 0 saturated heterocycles. The number of Topliss-reactive ketones (excluding diaryl/α,β-unsaturated/α-hetero) is 1. The second-order valence-electron chi connectivity index (χ2n) is 7.76. The molecule has 3 atom stereocenters. The molecule has 0 aromatic heterocycles. The van der Waals surface area contributed by atoms with Crippen LogP contribution in [0.15, 0.2) is 46.8 Å². The Morgan fingerprint density at radius 3 is 2.58 bits per heavy atom. The van der Waals surface area contributed by atoms with E-state index in [1.165, 1.54) is 7.11 Å². The number of esters is 2. The van der Waals surface area contributed by atoms with Crippen LogP contribution in [0.3, 0.4) is 0 Å². The molecule has 1 aliphatic heterocycles. The molecule has 0 bridgehead atoms. The van der Waals surface area contributed by atoms with Crippen molar-refractivity contribution in [3.63, 3.8) is 0 Å². The van der Waals surface area contributed by atoms with E-state index in [-0.39, 0.29) is 18.3 Å². The van der Waals surface area contributed by atoms with Crippen molar-refractivity contribution < 1.29 is 28.6 Å². The number of hydrogen-bond donors (Lipinski definition) is 1. The molecule has 1 aromatic rings. The van der Waals surface area contributed by atoms with Crippen molar-refractivity contribution in [2.75, 3.05) is 20.3 Å². The van der Waals surface area contributed by atoms with Crippen LogP contribution in [-0.4, -0.2) is 38.0 Å². The Balaban J connectivity index is 2.19. The number of ketones is 1. The molecular weight excluding hydrogens is 398 g/mol. The fourth-order valence-corrected chi connectivity index (χ4v) is 4.44. The minimum absolute atomic E-state index is 0.211. The molecule has 7 heteroatoms. The highest BCUT2D eigenvalue weighted by atomic mass is 16.5. The third kappa shape index (κ3) is 4.22. The average Bonchev–Trinajstić information content (AvgIpc) is 2.73. The zero-order valence-corrected chi connectivity index (χ0v) is 18.6. The van der Waals surface area contributed by atoms with Crippen LogP contribution in [-0.2, 0) is 23.9 Å². The molecule has 0 saturated carbocycles. The molecule has 2 aliphatic rings. The number of ether oxygens (including phenoxy) is 3. The van der Waals surface area contributed by atoms with Gasteiger partial charge in [-0.15, -0.1) is 0 Å². The third-order valence-electron chi connectivity index (χ3n) is 5.74. The summed E-state index contributed by atoms with van der Waals surface area (Å²) in [6, 6.07) is 7.34. The van der Waals surface area contributed by atoms with E-state index in [9.17, 15) is 14.4 Å². The zero-order valence-electron chi connectivity index (χ0n) is 18.6. The van der Waals surface area contributed by atoms with Crippen LogP contribution in [0.5, 0.6) is 5.75 Å². The van der Waals surface area contributed by atoms with Crippen LogP contribution in [0.4, 0.5) is 0 Å². The number of dihydropyridines is 1. The molecule has 1 N–H and O–H groups in total. The van der Waals surface area contributed by atoms with Crippen molar-refractivity contribution in [2.45, 2.75) is 40.0 Å². The Bertz CT molecular complexity index is 961. The maximum atomic E-state index is 13.6. The van der Waals surface area contributed by atoms with E-state index in [1.54, 1.807) is 13.8 Å². The van der Waals surface area contributed by atoms with E-state index in [1.807, 2.05) is 38.1 Å². The number of benzene rings is 1. The number of methoxy groups -OCH3 is 1. The first-order valence-electron chi connectivity index (χ1n) is 10.6. The van der Waals surface area contributed by atoms with Crippen molar-refractivity contribution in [3.05, 3.63) is 52.4 Å². The van der Waals surface area contributed by atoms with E-state index in [0.29, 0.717) is 35.6 Å². The summed E-state index contributed by atoms with van der Waals surface area (Å²) in [6.07, 6.45) is 0.496. The first kappa shape index (κ1) is 22.6. The summed E-state index contributed by atoms with van der Waals surface area (Å²) in [4.78, 5) is 39.0. The maximum absolute atomic E-state index is 13.6. The number of allylic oxidation sites excluding steroid dienone is 3. The maximum Gasteiger partial charge on any atom is 0.336 e. The molecule has 0 fully saturated rings. The zero-order chi connectivity index (χ0) is 22.7. The Kier molecular flexibility index (Phi) is 6.83. The second kappa shape index (κ2) is 9.37. The number of hydrogen-bond acceptors (Lipinski definition) is 7. The fourth-order valence-electron chi connectivity index (χ4n) is 4.44. The Morgan fingerprint density at radius 2 is 1.94 bits per heavy atom. The minimum atomic E-state index is -0.912. The number of nitrogens with one attached hydrogen (secondary N) is 1. The lowest BCUT2D eigenvalue weighted by molar-refractivity contribution is -0.151. The summed E-state index contributed by atoms with van der Waals surface area (Å²) in [5.41, 5.74) is 2.88. The average molecular weight is 427 g/mol. The van der Waals surface area contributed by atoms with E-state index in [4.69, 9.17) is 14.2 Å². The van der Waals surface area contributed by atoms with E-state index in [2.05, 4.69) is 5.32 Å². The van der Waals surface area contributed by atoms with Crippen LogP contribution in [0.1, 0.15) is 45.6 Å². The van der Waals surface area contributed by atoms with Crippen molar-refractivity contribution in [3.8, 4) is 5.75 Å². The van der Waals surface area contributed by atoms with E-state index < -0.39 is 23.8 Å². The first-order valence-corrected chi connectivity index (χ1v) is 10.6. The monoisotopic (exact) mass is 427 g/mol. The Hall–Kier alpha value is -3.09. The van der Waals surface area contributed by atoms with Crippen molar-refractivity contribution in [1.29, 1.82) is 0 Å². The quantitative estimate of drug-likeness (QED) is 0.550. The molecular formula is C24H29NO6. The Morgan fingerprint density at radius 1 is 1.19 bits per heavy atom. The van der Waals surface area contributed by atoms with Gasteiger partial charge in [0.15, 0.2) is 5.78 Å². The highest BCUT2D eigenvalue weighted by Crippen LogP contribution is 2.45. The van der Waals surface area contributed by atoms with Gasteiger partial charge in [0.1, 0.15) is 11.7 Å². The fraction of sp³-hybridized carbons (Fsp3) is 0.458. The van der Waals surface area contributed by atoms with Gasteiger partial charge < -0.3 is 19.5 Å². The summed E-state index contributed by atoms with van der Waals surface area (Å²) < 4.78 is 15.9. The summed E-state index contributed by atoms with van der Waals surface area (Å²) in [5, 5.41) is 3.24. The molecule has 1 heterocycles. The molecule has 3 rings (SSSR count). The molecule has 1 aliphatic carbocycles. The molecule has 31 heavy (non-hydrogen) atoms. The number of rotatable bonds is 6. The largest absolute Gasteiger partial charge is 0.494 e. The lowest BCUT2D eigenvalue weighted by atomic mass is 9.69. The Labute approximate surface area is 182 Å². The molecule has 0 radical (unpaired) electrons. The van der Waals surface area contributed by atoms with Gasteiger partial charge in [0.05, 0.1) is 25.9 Å². The standard InChI is InChI=1S/C24H29NO6/c1-6-30-16-10-8-9-15(12-16)20-19(24(28)31-7-2)14(4)25-17-11-13(3)18(23(27)29-5)22(26)21(17)20/h8-10,12-13,18,20,25H,6-7,11H2,1-5H3. The second-order valence-corrected chi connectivity index (χ2v) is 7.76. The normalized spacial score (nSPS) is 23.1. The van der Waals surface area contributed by atoms with Gasteiger partial charge in [-0.05, 0) is 50.8 Å². The molecule has 7 nitrogen and oxygen atoms in total. The van der Waals surface area contributed by atoms with Gasteiger partial charge in [-0.3, -0.25) is 9.59 Å². The summed E-state index contributed by atoms with van der Waals surface area (Å²) in [7, 11) is 1.28. The first-order chi connectivity index (χ1) is 14.8. The smallest absolute Gasteiger partial charge is 0.336 e. The molecule has 0 spiro atoms. The number of carbonyl (C=O) groups is 3. The molecule has 166 valence electrons. The van der Waals surface area contributed by atoms with Gasteiger partial charge >= 0.3 is 11.9 Å². The molecule has 3 unspecified atom stereocenters. The highest BCUT2D eigenvalue weighted by Gasteiger charge is 2.47. The summed E-state index contributed by atoms with van der Waals surface area (Å²) in [5.74, 6) is -2.54. The van der Waals surface area contributed by atoms with Gasteiger partial charge in [-0.25, -0.2) is 4.79 Å².